The van der Waals surface area contributed by atoms with Gasteiger partial charge in [-0.3, -0.25) is 9.69 Å². The minimum absolute atomic E-state index is 0.132. The van der Waals surface area contributed by atoms with Crippen molar-refractivity contribution in [1.82, 2.24) is 4.90 Å². The summed E-state index contributed by atoms with van der Waals surface area (Å²) in [6.07, 6.45) is 0.150. The molecule has 1 rings (SSSR count). The van der Waals surface area contributed by atoms with Gasteiger partial charge < -0.3 is 9.84 Å². The smallest absolute Gasteiger partial charge is 0.304 e. The third-order valence-electron chi connectivity index (χ3n) is 3.01. The zero-order valence-corrected chi connectivity index (χ0v) is 11.2. The normalized spacial score (nSPS) is 12.4. The molecule has 100 valence electrons. The first-order valence-electron chi connectivity index (χ1n) is 6.20. The van der Waals surface area contributed by atoms with Gasteiger partial charge in [0, 0.05) is 18.2 Å². The summed E-state index contributed by atoms with van der Waals surface area (Å²) < 4.78 is 5.59. The van der Waals surface area contributed by atoms with E-state index in [-0.39, 0.29) is 12.5 Å². The van der Waals surface area contributed by atoms with Gasteiger partial charge in [0.1, 0.15) is 5.75 Å². The predicted molar refractivity (Wildman–Crippen MR) is 70.9 cm³/mol. The van der Waals surface area contributed by atoms with Crippen molar-refractivity contribution in [2.24, 2.45) is 0 Å². The molecule has 1 aromatic rings. The van der Waals surface area contributed by atoms with Gasteiger partial charge in [-0.2, -0.15) is 0 Å². The van der Waals surface area contributed by atoms with Crippen molar-refractivity contribution in [3.05, 3.63) is 29.8 Å². The molecule has 1 N–H and O–H groups in total. The molecular weight excluding hydrogens is 230 g/mol. The Kier molecular flexibility index (Phi) is 5.65. The van der Waals surface area contributed by atoms with Gasteiger partial charge >= 0.3 is 5.97 Å². The van der Waals surface area contributed by atoms with Gasteiger partial charge in [0.15, 0.2) is 0 Å². The van der Waals surface area contributed by atoms with Crippen LogP contribution in [0.5, 0.6) is 5.75 Å². The molecule has 0 saturated carbocycles. The molecule has 0 fully saturated rings. The van der Waals surface area contributed by atoms with Crippen molar-refractivity contribution < 1.29 is 14.6 Å². The Bertz CT molecular complexity index is 392. The topological polar surface area (TPSA) is 49.8 Å². The predicted octanol–water partition coefficient (Wildman–Crippen LogP) is 2.55. The van der Waals surface area contributed by atoms with Gasteiger partial charge in [-0.25, -0.2) is 0 Å². The van der Waals surface area contributed by atoms with Gasteiger partial charge in [-0.1, -0.05) is 18.2 Å². The minimum atomic E-state index is -0.771. The molecule has 4 nitrogen and oxygen atoms in total. The third kappa shape index (κ3) is 4.04. The van der Waals surface area contributed by atoms with Crippen molar-refractivity contribution in [3.8, 4) is 5.75 Å². The number of carbonyl (C=O) groups is 1. The minimum Gasteiger partial charge on any atom is -0.494 e. The molecule has 0 aliphatic carbocycles. The highest BCUT2D eigenvalue weighted by atomic mass is 16.5. The highest BCUT2D eigenvalue weighted by molar-refractivity contribution is 5.66. The average Bonchev–Trinajstić information content (AvgIpc) is 2.36. The summed E-state index contributed by atoms with van der Waals surface area (Å²) in [4.78, 5) is 12.6. The fourth-order valence-corrected chi connectivity index (χ4v) is 1.82. The maximum Gasteiger partial charge on any atom is 0.304 e. The lowest BCUT2D eigenvalue weighted by Crippen LogP contribution is -2.25. The summed E-state index contributed by atoms with van der Waals surface area (Å²) in [5.74, 6) is 0.0989. The highest BCUT2D eigenvalue weighted by Crippen LogP contribution is 2.28. The number of para-hydroxylation sites is 1. The number of benzene rings is 1. The lowest BCUT2D eigenvalue weighted by atomic mass is 10.1. The van der Waals surface area contributed by atoms with Crippen LogP contribution in [0.2, 0.25) is 0 Å². The summed E-state index contributed by atoms with van der Waals surface area (Å²) in [6, 6.07) is 8.01. The molecule has 1 aromatic carbocycles. The van der Waals surface area contributed by atoms with E-state index < -0.39 is 5.97 Å². The zero-order valence-electron chi connectivity index (χ0n) is 11.2. The van der Waals surface area contributed by atoms with E-state index in [4.69, 9.17) is 9.84 Å². The molecule has 0 bridgehead atoms. The van der Waals surface area contributed by atoms with Crippen molar-refractivity contribution >= 4 is 5.97 Å². The summed E-state index contributed by atoms with van der Waals surface area (Å²) in [5.41, 5.74) is 1.09. The van der Waals surface area contributed by atoms with E-state index in [9.17, 15) is 4.79 Å². The third-order valence-corrected chi connectivity index (χ3v) is 3.01. The van der Waals surface area contributed by atoms with E-state index in [0.29, 0.717) is 13.2 Å². The summed E-state index contributed by atoms with van der Waals surface area (Å²) >= 11 is 0. The highest BCUT2D eigenvalue weighted by Gasteiger charge is 2.16. The molecule has 0 spiro atoms. The summed E-state index contributed by atoms with van der Waals surface area (Å²) in [6.45, 7) is 5.16. The van der Waals surface area contributed by atoms with E-state index >= 15 is 0 Å². The molecule has 0 heterocycles. The van der Waals surface area contributed by atoms with Crippen molar-refractivity contribution in [2.45, 2.75) is 26.3 Å². The number of carboxylic acids is 1. The van der Waals surface area contributed by atoms with Crippen LogP contribution in [0.4, 0.5) is 0 Å². The Balaban J connectivity index is 2.75. The number of nitrogens with zero attached hydrogens (tertiary/aromatic N) is 1. The van der Waals surface area contributed by atoms with Crippen LogP contribution in [0, 0.1) is 0 Å². The molecule has 0 saturated heterocycles. The van der Waals surface area contributed by atoms with Crippen molar-refractivity contribution in [3.63, 3.8) is 0 Å². The number of hydrogen-bond acceptors (Lipinski definition) is 3. The molecule has 0 radical (unpaired) electrons. The van der Waals surface area contributed by atoms with Crippen LogP contribution in [0.15, 0.2) is 24.3 Å². The number of rotatable bonds is 7. The molecule has 18 heavy (non-hydrogen) atoms. The second kappa shape index (κ2) is 7.01. The van der Waals surface area contributed by atoms with Crippen LogP contribution < -0.4 is 4.74 Å². The second-order valence-corrected chi connectivity index (χ2v) is 4.27. The van der Waals surface area contributed by atoms with Gasteiger partial charge in [0.2, 0.25) is 0 Å². The van der Waals surface area contributed by atoms with E-state index in [1.807, 2.05) is 43.1 Å². The number of hydrogen-bond donors (Lipinski definition) is 1. The summed E-state index contributed by atoms with van der Waals surface area (Å²) in [7, 11) is 1.93. The fourth-order valence-electron chi connectivity index (χ4n) is 1.82. The van der Waals surface area contributed by atoms with Crippen molar-refractivity contribution in [1.29, 1.82) is 0 Å². The molecular formula is C14H21NO3. The van der Waals surface area contributed by atoms with Gasteiger partial charge in [-0.05, 0) is 27.0 Å². The SMILES string of the molecule is CCOc1ccccc1C(C)N(C)CCC(=O)O. The fraction of sp³-hybridized carbons (Fsp3) is 0.500. The Morgan fingerprint density at radius 2 is 2.11 bits per heavy atom. The quantitative estimate of drug-likeness (QED) is 0.809. The second-order valence-electron chi connectivity index (χ2n) is 4.27. The Morgan fingerprint density at radius 1 is 1.44 bits per heavy atom. The van der Waals surface area contributed by atoms with Gasteiger partial charge in [0.05, 0.1) is 13.0 Å². The first-order chi connectivity index (χ1) is 8.56. The van der Waals surface area contributed by atoms with Crippen LogP contribution in [0.3, 0.4) is 0 Å². The molecule has 0 aliphatic heterocycles. The van der Waals surface area contributed by atoms with Crippen LogP contribution in [-0.4, -0.2) is 36.2 Å². The van der Waals surface area contributed by atoms with Gasteiger partial charge in [-0.15, -0.1) is 0 Å². The van der Waals surface area contributed by atoms with Gasteiger partial charge in [0.25, 0.3) is 0 Å². The number of aliphatic carboxylic acids is 1. The Hall–Kier alpha value is -1.55. The van der Waals surface area contributed by atoms with Crippen LogP contribution in [-0.2, 0) is 4.79 Å². The van der Waals surface area contributed by atoms with E-state index in [0.717, 1.165) is 11.3 Å². The molecule has 1 atom stereocenters. The summed E-state index contributed by atoms with van der Waals surface area (Å²) in [5, 5.41) is 8.70. The number of carboxylic acid groups (broad SMARTS) is 1. The molecule has 0 aliphatic rings. The van der Waals surface area contributed by atoms with Crippen LogP contribution >= 0.6 is 0 Å². The van der Waals surface area contributed by atoms with Crippen LogP contribution in [0.1, 0.15) is 31.9 Å². The Morgan fingerprint density at radius 3 is 2.72 bits per heavy atom. The molecule has 0 aromatic heterocycles. The van der Waals surface area contributed by atoms with Crippen LogP contribution in [0.25, 0.3) is 0 Å². The molecule has 0 amide bonds. The van der Waals surface area contributed by atoms with Crippen molar-refractivity contribution in [2.75, 3.05) is 20.2 Å². The maximum atomic E-state index is 10.6. The first kappa shape index (κ1) is 14.5. The largest absolute Gasteiger partial charge is 0.494 e. The lowest BCUT2D eigenvalue weighted by Gasteiger charge is -2.26. The zero-order chi connectivity index (χ0) is 13.5. The molecule has 4 heteroatoms. The Labute approximate surface area is 108 Å². The average molecular weight is 251 g/mol. The maximum absolute atomic E-state index is 10.6. The van der Waals surface area contributed by atoms with E-state index in [1.165, 1.54) is 0 Å². The number of ether oxygens (including phenoxy) is 1. The van der Waals surface area contributed by atoms with E-state index in [2.05, 4.69) is 6.92 Å². The first-order valence-corrected chi connectivity index (χ1v) is 6.20. The van der Waals surface area contributed by atoms with E-state index in [1.54, 1.807) is 0 Å². The monoisotopic (exact) mass is 251 g/mol. The lowest BCUT2D eigenvalue weighted by molar-refractivity contribution is -0.137. The standard InChI is InChI=1S/C14H21NO3/c1-4-18-13-8-6-5-7-12(13)11(2)15(3)10-9-14(16)17/h5-8,11H,4,9-10H2,1-3H3,(H,16,17). The molecule has 1 unspecified atom stereocenters.